The first-order chi connectivity index (χ1) is 7.83. The van der Waals surface area contributed by atoms with Gasteiger partial charge in [0.2, 0.25) is 0 Å². The third-order valence-electron chi connectivity index (χ3n) is 2.43. The van der Waals surface area contributed by atoms with Crippen LogP contribution in [0.4, 0.5) is 11.4 Å². The van der Waals surface area contributed by atoms with Gasteiger partial charge in [-0.1, -0.05) is 24.3 Å². The van der Waals surface area contributed by atoms with E-state index in [1.165, 1.54) is 0 Å². The topological polar surface area (TPSA) is 24.7 Å². The van der Waals surface area contributed by atoms with Crippen molar-refractivity contribution in [2.45, 2.75) is 0 Å². The highest BCUT2D eigenvalue weighted by molar-refractivity contribution is 5.67. The van der Waals surface area contributed by atoms with Gasteiger partial charge in [-0.3, -0.25) is 9.98 Å². The van der Waals surface area contributed by atoms with Crippen molar-refractivity contribution in [3.63, 3.8) is 0 Å². The molecule has 0 saturated heterocycles. The molecule has 0 atom stereocenters. The Morgan fingerprint density at radius 3 is 1.12 bits per heavy atom. The Kier molecular flexibility index (Phi) is 2.92. The molecule has 0 radical (unpaired) electrons. The van der Waals surface area contributed by atoms with Gasteiger partial charge in [-0.25, -0.2) is 0 Å². The monoisotopic (exact) mass is 208 g/mol. The summed E-state index contributed by atoms with van der Waals surface area (Å²) in [5.41, 5.74) is 4.08. The summed E-state index contributed by atoms with van der Waals surface area (Å²) in [6.45, 7) is 6.97. The van der Waals surface area contributed by atoms with Crippen LogP contribution in [0.1, 0.15) is 0 Å². The van der Waals surface area contributed by atoms with E-state index in [4.69, 9.17) is 0 Å². The Bertz CT molecular complexity index is 446. The average Bonchev–Trinajstić information content (AvgIpc) is 2.39. The molecule has 0 fully saturated rings. The van der Waals surface area contributed by atoms with Gasteiger partial charge in [-0.05, 0) is 48.8 Å². The molecule has 78 valence electrons. The van der Waals surface area contributed by atoms with Crippen LogP contribution in [-0.4, -0.2) is 13.4 Å². The van der Waals surface area contributed by atoms with Gasteiger partial charge in [0.05, 0.1) is 11.4 Å². The summed E-state index contributed by atoms with van der Waals surface area (Å²) in [6, 6.07) is 15.9. The molecule has 2 rings (SSSR count). The molecule has 0 aliphatic rings. The van der Waals surface area contributed by atoms with E-state index >= 15 is 0 Å². The van der Waals surface area contributed by atoms with E-state index in [2.05, 4.69) is 23.4 Å². The minimum atomic E-state index is 0.883. The van der Waals surface area contributed by atoms with Gasteiger partial charge >= 0.3 is 0 Å². The van der Waals surface area contributed by atoms with Crippen LogP contribution in [-0.2, 0) is 0 Å². The molecule has 0 amide bonds. The Balaban J connectivity index is 2.34. The fourth-order valence-electron chi connectivity index (χ4n) is 1.52. The normalized spacial score (nSPS) is 9.75. The molecule has 2 aromatic carbocycles. The van der Waals surface area contributed by atoms with Crippen molar-refractivity contribution in [1.29, 1.82) is 0 Å². The first-order valence-corrected chi connectivity index (χ1v) is 4.97. The minimum Gasteiger partial charge on any atom is -0.265 e. The number of aliphatic imine (C=N–C) groups is 2. The van der Waals surface area contributed by atoms with E-state index < -0.39 is 0 Å². The second kappa shape index (κ2) is 4.53. The predicted molar refractivity (Wildman–Crippen MR) is 70.3 cm³/mol. The van der Waals surface area contributed by atoms with E-state index in [0.717, 1.165) is 22.5 Å². The highest BCUT2D eigenvalue weighted by atomic mass is 14.7. The summed E-state index contributed by atoms with van der Waals surface area (Å²) >= 11 is 0. The third-order valence-corrected chi connectivity index (χ3v) is 2.43. The fourth-order valence-corrected chi connectivity index (χ4v) is 1.52. The standard InChI is InChI=1S/C14H12N2/c1-15-13-7-3-11(4-8-13)12-5-9-14(16-2)10-6-12/h3-10H,1-2H2. The van der Waals surface area contributed by atoms with Crippen LogP contribution in [0.3, 0.4) is 0 Å². The molecule has 0 aliphatic carbocycles. The first-order valence-electron chi connectivity index (χ1n) is 4.97. The zero-order valence-electron chi connectivity index (χ0n) is 8.93. The third kappa shape index (κ3) is 2.06. The summed E-state index contributed by atoms with van der Waals surface area (Å²) in [4.78, 5) is 7.72. The lowest BCUT2D eigenvalue weighted by molar-refractivity contribution is 1.52. The fraction of sp³-hybridized carbons (Fsp3) is 0. The maximum atomic E-state index is 3.86. The lowest BCUT2D eigenvalue weighted by atomic mass is 10.1. The quantitative estimate of drug-likeness (QED) is 0.681. The molecule has 0 aromatic heterocycles. The molecular formula is C14H12N2. The second-order valence-corrected chi connectivity index (χ2v) is 3.41. The molecule has 0 aliphatic heterocycles. The molecule has 2 nitrogen and oxygen atoms in total. The summed E-state index contributed by atoms with van der Waals surface area (Å²) in [5.74, 6) is 0. The lowest BCUT2D eigenvalue weighted by Gasteiger charge is -2.02. The Morgan fingerprint density at radius 1 is 0.562 bits per heavy atom. The number of hydrogen-bond acceptors (Lipinski definition) is 2. The molecule has 16 heavy (non-hydrogen) atoms. The molecule has 2 heteroatoms. The summed E-state index contributed by atoms with van der Waals surface area (Å²) in [5, 5.41) is 0. The number of benzene rings is 2. The molecule has 0 heterocycles. The maximum Gasteiger partial charge on any atom is 0.0622 e. The zero-order chi connectivity index (χ0) is 11.4. The van der Waals surface area contributed by atoms with Crippen LogP contribution < -0.4 is 0 Å². The van der Waals surface area contributed by atoms with E-state index in [1.54, 1.807) is 0 Å². The zero-order valence-corrected chi connectivity index (χ0v) is 8.93. The smallest absolute Gasteiger partial charge is 0.0622 e. The highest BCUT2D eigenvalue weighted by Gasteiger charge is 1.97. The summed E-state index contributed by atoms with van der Waals surface area (Å²) in [7, 11) is 0. The number of nitrogens with zero attached hydrogens (tertiary/aromatic N) is 2. The van der Waals surface area contributed by atoms with E-state index in [1.807, 2.05) is 48.5 Å². The van der Waals surface area contributed by atoms with Crippen molar-refractivity contribution in [3.05, 3.63) is 48.5 Å². The molecule has 0 unspecified atom stereocenters. The maximum absolute atomic E-state index is 3.86. The van der Waals surface area contributed by atoms with Gasteiger partial charge in [0.1, 0.15) is 0 Å². The van der Waals surface area contributed by atoms with E-state index in [9.17, 15) is 0 Å². The Labute approximate surface area is 95.0 Å². The predicted octanol–water partition coefficient (Wildman–Crippen LogP) is 4.02. The van der Waals surface area contributed by atoms with Crippen molar-refractivity contribution < 1.29 is 0 Å². The lowest BCUT2D eigenvalue weighted by Crippen LogP contribution is -1.76. The molecule has 0 N–H and O–H groups in total. The summed E-state index contributed by atoms with van der Waals surface area (Å²) < 4.78 is 0. The molecule has 2 aromatic rings. The van der Waals surface area contributed by atoms with Crippen LogP contribution in [0, 0.1) is 0 Å². The number of hydrogen-bond donors (Lipinski definition) is 0. The molecule has 0 spiro atoms. The van der Waals surface area contributed by atoms with Gasteiger partial charge < -0.3 is 0 Å². The Morgan fingerprint density at radius 2 is 0.875 bits per heavy atom. The molecule has 0 saturated carbocycles. The number of rotatable bonds is 3. The van der Waals surface area contributed by atoms with Crippen LogP contribution >= 0.6 is 0 Å². The van der Waals surface area contributed by atoms with Crippen molar-refractivity contribution in [1.82, 2.24) is 0 Å². The van der Waals surface area contributed by atoms with Crippen molar-refractivity contribution in [3.8, 4) is 11.1 Å². The van der Waals surface area contributed by atoms with E-state index in [-0.39, 0.29) is 0 Å². The van der Waals surface area contributed by atoms with Gasteiger partial charge in [-0.15, -0.1) is 0 Å². The van der Waals surface area contributed by atoms with Crippen LogP contribution in [0.5, 0.6) is 0 Å². The average molecular weight is 208 g/mol. The summed E-state index contributed by atoms with van der Waals surface area (Å²) in [6.07, 6.45) is 0. The van der Waals surface area contributed by atoms with Gasteiger partial charge in [-0.2, -0.15) is 0 Å². The van der Waals surface area contributed by atoms with Gasteiger partial charge in [0.25, 0.3) is 0 Å². The highest BCUT2D eigenvalue weighted by Crippen LogP contribution is 2.24. The van der Waals surface area contributed by atoms with Crippen LogP contribution in [0.15, 0.2) is 58.5 Å². The van der Waals surface area contributed by atoms with Crippen molar-refractivity contribution in [2.75, 3.05) is 0 Å². The van der Waals surface area contributed by atoms with Gasteiger partial charge in [0, 0.05) is 0 Å². The minimum absolute atomic E-state index is 0.883. The van der Waals surface area contributed by atoms with Crippen molar-refractivity contribution >= 4 is 24.8 Å². The van der Waals surface area contributed by atoms with Crippen molar-refractivity contribution in [2.24, 2.45) is 9.98 Å². The van der Waals surface area contributed by atoms with E-state index in [0.29, 0.717) is 0 Å². The Hall–Kier alpha value is -2.22. The second-order valence-electron chi connectivity index (χ2n) is 3.41. The first kappa shape index (κ1) is 10.3. The largest absolute Gasteiger partial charge is 0.265 e. The SMILES string of the molecule is C=Nc1ccc(-c2ccc(N=C)cc2)cc1. The molecular weight excluding hydrogens is 196 g/mol. The molecule has 0 bridgehead atoms. The van der Waals surface area contributed by atoms with Crippen LogP contribution in [0.25, 0.3) is 11.1 Å². The van der Waals surface area contributed by atoms with Crippen LogP contribution in [0.2, 0.25) is 0 Å². The van der Waals surface area contributed by atoms with Gasteiger partial charge in [0.15, 0.2) is 0 Å².